The summed E-state index contributed by atoms with van der Waals surface area (Å²) in [7, 11) is 0. The molecule has 1 aromatic rings. The lowest BCUT2D eigenvalue weighted by atomic mass is 10.4. The normalized spacial score (nSPS) is 8.91. The minimum atomic E-state index is 0.456. The highest BCUT2D eigenvalue weighted by molar-refractivity contribution is 14.1. The predicted octanol–water partition coefficient (Wildman–Crippen LogP) is 3.07. The van der Waals surface area contributed by atoms with E-state index in [0.717, 1.165) is 3.57 Å². The number of aliphatic imine (C=N–C) groups is 1. The molecule has 0 N–H and O–H groups in total. The van der Waals surface area contributed by atoms with E-state index >= 15 is 0 Å². The van der Waals surface area contributed by atoms with Crippen LogP contribution >= 0.6 is 46.4 Å². The summed E-state index contributed by atoms with van der Waals surface area (Å²) in [4.78, 5) is 7.62. The predicted molar refractivity (Wildman–Crippen MR) is 56.7 cm³/mol. The Hall–Kier alpha value is -0.0300. The maximum Gasteiger partial charge on any atom is 0.130 e. The van der Waals surface area contributed by atoms with E-state index in [9.17, 15) is 0 Å². The van der Waals surface area contributed by atoms with E-state index in [0.29, 0.717) is 10.8 Å². The van der Waals surface area contributed by atoms with Gasteiger partial charge in [-0.25, -0.2) is 4.98 Å². The minimum Gasteiger partial charge on any atom is -0.242 e. The highest BCUT2D eigenvalue weighted by Crippen LogP contribution is 2.21. The van der Waals surface area contributed by atoms with Crippen LogP contribution in [0.15, 0.2) is 17.3 Å². The standard InChI is InChI=1S/C6H2ClIN2S/c7-6-1-4(8)5(2-9-6)10-3-11/h1-2H. The van der Waals surface area contributed by atoms with Gasteiger partial charge in [0, 0.05) is 3.57 Å². The average molecular weight is 297 g/mol. The first-order chi connectivity index (χ1) is 5.24. The van der Waals surface area contributed by atoms with Crippen molar-refractivity contribution in [3.8, 4) is 0 Å². The first-order valence-corrected chi connectivity index (χ1v) is 4.49. The number of isothiocyanates is 1. The molecule has 0 radical (unpaired) electrons. The van der Waals surface area contributed by atoms with Crippen LogP contribution in [0.3, 0.4) is 0 Å². The molecule has 1 rings (SSSR count). The molecule has 0 saturated heterocycles. The summed E-state index contributed by atoms with van der Waals surface area (Å²) < 4.78 is 0.917. The van der Waals surface area contributed by atoms with E-state index in [1.165, 1.54) is 0 Å². The molecule has 1 aromatic heterocycles. The molecule has 0 spiro atoms. The van der Waals surface area contributed by atoms with Gasteiger partial charge < -0.3 is 0 Å². The van der Waals surface area contributed by atoms with Crippen LogP contribution in [0.25, 0.3) is 0 Å². The molecule has 0 aromatic carbocycles. The van der Waals surface area contributed by atoms with Crippen LogP contribution in [-0.2, 0) is 0 Å². The number of hydrogen-bond acceptors (Lipinski definition) is 3. The molecule has 5 heteroatoms. The Balaban J connectivity index is 3.19. The van der Waals surface area contributed by atoms with Crippen LogP contribution in [-0.4, -0.2) is 10.1 Å². The molecule has 0 aliphatic rings. The molecule has 0 bridgehead atoms. The highest BCUT2D eigenvalue weighted by atomic mass is 127. The van der Waals surface area contributed by atoms with Gasteiger partial charge in [-0.05, 0) is 40.9 Å². The number of pyridine rings is 1. The molecule has 0 atom stereocenters. The second-order valence-corrected chi connectivity index (χ2v) is 3.39. The van der Waals surface area contributed by atoms with Crippen molar-refractivity contribution in [3.63, 3.8) is 0 Å². The van der Waals surface area contributed by atoms with Crippen molar-refractivity contribution in [2.75, 3.05) is 0 Å². The minimum absolute atomic E-state index is 0.456. The third-order valence-corrected chi connectivity index (χ3v) is 2.13. The van der Waals surface area contributed by atoms with Crippen LogP contribution in [0.2, 0.25) is 5.15 Å². The van der Waals surface area contributed by atoms with Crippen molar-refractivity contribution in [1.82, 2.24) is 4.98 Å². The summed E-state index contributed by atoms with van der Waals surface area (Å²) in [6.07, 6.45) is 1.56. The number of hydrogen-bond donors (Lipinski definition) is 0. The van der Waals surface area contributed by atoms with E-state index in [1.54, 1.807) is 12.3 Å². The van der Waals surface area contributed by atoms with E-state index in [-0.39, 0.29) is 0 Å². The van der Waals surface area contributed by atoms with Gasteiger partial charge in [-0.3, -0.25) is 0 Å². The highest BCUT2D eigenvalue weighted by Gasteiger charge is 1.97. The summed E-state index contributed by atoms with van der Waals surface area (Å²) >= 11 is 12.2. The van der Waals surface area contributed by atoms with Gasteiger partial charge >= 0.3 is 0 Å². The maximum atomic E-state index is 5.61. The number of halogens is 2. The molecule has 56 valence electrons. The first kappa shape index (κ1) is 9.06. The fourth-order valence-corrected chi connectivity index (χ4v) is 1.53. The van der Waals surface area contributed by atoms with Gasteiger partial charge in [-0.2, -0.15) is 4.99 Å². The maximum absolute atomic E-state index is 5.61. The molecule has 2 nitrogen and oxygen atoms in total. The summed E-state index contributed by atoms with van der Waals surface area (Å²) in [6, 6.07) is 1.72. The van der Waals surface area contributed by atoms with Crippen LogP contribution in [0.5, 0.6) is 0 Å². The Morgan fingerprint density at radius 1 is 1.73 bits per heavy atom. The lowest BCUT2D eigenvalue weighted by Gasteiger charge is -1.94. The molecule has 0 saturated carbocycles. The lowest BCUT2D eigenvalue weighted by molar-refractivity contribution is 1.29. The smallest absolute Gasteiger partial charge is 0.130 e. The van der Waals surface area contributed by atoms with Gasteiger partial charge in [0.05, 0.1) is 11.4 Å². The van der Waals surface area contributed by atoms with Gasteiger partial charge in [0.2, 0.25) is 0 Å². The Morgan fingerprint density at radius 3 is 3.00 bits per heavy atom. The topological polar surface area (TPSA) is 25.2 Å². The van der Waals surface area contributed by atoms with Crippen LogP contribution < -0.4 is 0 Å². The van der Waals surface area contributed by atoms with Gasteiger partial charge in [0.15, 0.2) is 0 Å². The molecule has 0 aliphatic carbocycles. The molecule has 0 fully saturated rings. The number of rotatable bonds is 1. The van der Waals surface area contributed by atoms with E-state index in [1.807, 2.05) is 0 Å². The second kappa shape index (κ2) is 4.11. The third kappa shape index (κ3) is 2.48. The van der Waals surface area contributed by atoms with Crippen LogP contribution in [0, 0.1) is 3.57 Å². The van der Waals surface area contributed by atoms with Gasteiger partial charge in [-0.1, -0.05) is 11.6 Å². The molecule has 0 amide bonds. The van der Waals surface area contributed by atoms with Crippen LogP contribution in [0.4, 0.5) is 5.69 Å². The fraction of sp³-hybridized carbons (Fsp3) is 0. The first-order valence-electron chi connectivity index (χ1n) is 2.63. The zero-order valence-electron chi connectivity index (χ0n) is 5.21. The Morgan fingerprint density at radius 2 is 2.45 bits per heavy atom. The quantitative estimate of drug-likeness (QED) is 0.344. The Bertz CT molecular complexity index is 322. The summed E-state index contributed by atoms with van der Waals surface area (Å²) in [5.74, 6) is 0. The van der Waals surface area contributed by atoms with Crippen molar-refractivity contribution in [2.24, 2.45) is 4.99 Å². The molecule has 0 aliphatic heterocycles. The number of thiocarbonyl (C=S) groups is 1. The third-order valence-electron chi connectivity index (χ3n) is 0.967. The van der Waals surface area contributed by atoms with E-state index in [4.69, 9.17) is 11.6 Å². The summed E-state index contributed by atoms with van der Waals surface area (Å²) in [6.45, 7) is 0. The van der Waals surface area contributed by atoms with Crippen LogP contribution in [0.1, 0.15) is 0 Å². The second-order valence-electron chi connectivity index (χ2n) is 1.66. The summed E-state index contributed by atoms with van der Waals surface area (Å²) in [5, 5.41) is 2.72. The van der Waals surface area contributed by atoms with Crippen molar-refractivity contribution in [2.45, 2.75) is 0 Å². The SMILES string of the molecule is S=C=Nc1cnc(Cl)cc1I. The van der Waals surface area contributed by atoms with Gasteiger partial charge in [-0.15, -0.1) is 0 Å². The molecular weight excluding hydrogens is 295 g/mol. The van der Waals surface area contributed by atoms with Crippen molar-refractivity contribution in [1.29, 1.82) is 0 Å². The van der Waals surface area contributed by atoms with Crippen molar-refractivity contribution >= 4 is 57.3 Å². The number of nitrogens with zero attached hydrogens (tertiary/aromatic N) is 2. The average Bonchev–Trinajstić information content (AvgIpc) is 1.95. The van der Waals surface area contributed by atoms with Gasteiger partial charge in [0.1, 0.15) is 10.8 Å². The molecule has 1 heterocycles. The van der Waals surface area contributed by atoms with E-state index in [2.05, 4.69) is 49.9 Å². The van der Waals surface area contributed by atoms with Gasteiger partial charge in [0.25, 0.3) is 0 Å². The molecule has 0 unspecified atom stereocenters. The number of aromatic nitrogens is 1. The van der Waals surface area contributed by atoms with Crippen molar-refractivity contribution < 1.29 is 0 Å². The zero-order chi connectivity index (χ0) is 8.27. The van der Waals surface area contributed by atoms with E-state index < -0.39 is 0 Å². The zero-order valence-corrected chi connectivity index (χ0v) is 8.94. The molecule has 11 heavy (non-hydrogen) atoms. The van der Waals surface area contributed by atoms with Crippen molar-refractivity contribution in [3.05, 3.63) is 21.0 Å². The Labute approximate surface area is 87.8 Å². The monoisotopic (exact) mass is 296 g/mol. The lowest BCUT2D eigenvalue weighted by Crippen LogP contribution is -1.77. The summed E-state index contributed by atoms with van der Waals surface area (Å²) in [5.41, 5.74) is 0.699. The Kier molecular flexibility index (Phi) is 3.39. The fourth-order valence-electron chi connectivity index (χ4n) is 0.532. The largest absolute Gasteiger partial charge is 0.242 e. The molecular formula is C6H2ClIN2S.